The molecule has 1 aliphatic heterocycles. The molecule has 0 atom stereocenters. The van der Waals surface area contributed by atoms with Crippen LogP contribution in [0, 0.1) is 0 Å². The molecule has 0 amide bonds. The molecule has 142 valence electrons. The predicted molar refractivity (Wildman–Crippen MR) is 113 cm³/mol. The van der Waals surface area contributed by atoms with Gasteiger partial charge in [0.1, 0.15) is 6.61 Å². The standard InChI is InChI=1S/C21H23BrN2O3/c1-3-10-27-21-19(22)13-16(14-20(21)25-2)15-23-17-4-6-18(7-5-17)24-8-11-26-12-9-24/h3-7,13-15H,1,8-12H2,2H3. The van der Waals surface area contributed by atoms with E-state index in [4.69, 9.17) is 14.2 Å². The minimum absolute atomic E-state index is 0.415. The summed E-state index contributed by atoms with van der Waals surface area (Å²) in [5.41, 5.74) is 3.02. The Bertz CT molecular complexity index is 800. The number of nitrogens with zero attached hydrogens (tertiary/aromatic N) is 2. The molecule has 2 aromatic carbocycles. The Hall–Kier alpha value is -2.31. The molecule has 6 heteroatoms. The maximum Gasteiger partial charge on any atom is 0.175 e. The zero-order valence-electron chi connectivity index (χ0n) is 15.4. The first-order valence-electron chi connectivity index (χ1n) is 8.79. The number of benzene rings is 2. The first kappa shape index (κ1) is 19.5. The van der Waals surface area contributed by atoms with E-state index >= 15 is 0 Å². The van der Waals surface area contributed by atoms with E-state index in [0.29, 0.717) is 18.1 Å². The van der Waals surface area contributed by atoms with Crippen LogP contribution < -0.4 is 14.4 Å². The molecule has 0 N–H and O–H groups in total. The first-order chi connectivity index (χ1) is 13.2. The summed E-state index contributed by atoms with van der Waals surface area (Å²) in [5.74, 6) is 1.31. The van der Waals surface area contributed by atoms with Gasteiger partial charge in [0.15, 0.2) is 11.5 Å². The minimum Gasteiger partial charge on any atom is -0.493 e. The second-order valence-electron chi connectivity index (χ2n) is 6.01. The van der Waals surface area contributed by atoms with Gasteiger partial charge >= 0.3 is 0 Å². The lowest BCUT2D eigenvalue weighted by atomic mass is 10.2. The van der Waals surface area contributed by atoms with Gasteiger partial charge < -0.3 is 19.1 Å². The van der Waals surface area contributed by atoms with E-state index in [2.05, 4.69) is 44.5 Å². The molecule has 0 saturated carbocycles. The van der Waals surface area contributed by atoms with Gasteiger partial charge in [0.2, 0.25) is 0 Å². The highest BCUT2D eigenvalue weighted by molar-refractivity contribution is 9.10. The van der Waals surface area contributed by atoms with Gasteiger partial charge in [-0.3, -0.25) is 4.99 Å². The average molecular weight is 431 g/mol. The van der Waals surface area contributed by atoms with Gasteiger partial charge in [-0.2, -0.15) is 0 Å². The van der Waals surface area contributed by atoms with E-state index in [1.807, 2.05) is 30.5 Å². The fourth-order valence-electron chi connectivity index (χ4n) is 2.82. The fourth-order valence-corrected chi connectivity index (χ4v) is 3.39. The SMILES string of the molecule is C=CCOc1c(Br)cc(C=Nc2ccc(N3CCOCC3)cc2)cc1OC. The van der Waals surface area contributed by atoms with Crippen molar-refractivity contribution in [1.29, 1.82) is 0 Å². The molecule has 0 spiro atoms. The van der Waals surface area contributed by atoms with Crippen molar-refractivity contribution in [3.63, 3.8) is 0 Å². The second-order valence-corrected chi connectivity index (χ2v) is 6.86. The second kappa shape index (κ2) is 9.58. The van der Waals surface area contributed by atoms with Crippen molar-refractivity contribution >= 4 is 33.5 Å². The van der Waals surface area contributed by atoms with Crippen LogP contribution in [0.4, 0.5) is 11.4 Å². The highest BCUT2D eigenvalue weighted by atomic mass is 79.9. The van der Waals surface area contributed by atoms with Crippen LogP contribution in [-0.2, 0) is 4.74 Å². The molecule has 0 aliphatic carbocycles. The third-order valence-electron chi connectivity index (χ3n) is 4.19. The molecule has 0 aromatic heterocycles. The van der Waals surface area contributed by atoms with Gasteiger partial charge in [-0.1, -0.05) is 12.7 Å². The van der Waals surface area contributed by atoms with Gasteiger partial charge in [-0.15, -0.1) is 0 Å². The van der Waals surface area contributed by atoms with E-state index in [0.717, 1.165) is 42.0 Å². The van der Waals surface area contributed by atoms with E-state index < -0.39 is 0 Å². The van der Waals surface area contributed by atoms with E-state index in [1.165, 1.54) is 5.69 Å². The number of hydrogen-bond donors (Lipinski definition) is 0. The number of rotatable bonds is 7. The molecular formula is C21H23BrN2O3. The number of hydrogen-bond acceptors (Lipinski definition) is 5. The van der Waals surface area contributed by atoms with Crippen molar-refractivity contribution < 1.29 is 14.2 Å². The van der Waals surface area contributed by atoms with Gasteiger partial charge in [-0.25, -0.2) is 0 Å². The highest BCUT2D eigenvalue weighted by Crippen LogP contribution is 2.36. The molecule has 3 rings (SSSR count). The Balaban J connectivity index is 1.73. The Morgan fingerprint density at radius 2 is 1.96 bits per heavy atom. The third kappa shape index (κ3) is 5.11. The molecule has 1 saturated heterocycles. The predicted octanol–water partition coefficient (Wildman–Crippen LogP) is 4.61. The van der Waals surface area contributed by atoms with Gasteiger partial charge in [0, 0.05) is 25.0 Å². The lowest BCUT2D eigenvalue weighted by Crippen LogP contribution is -2.36. The van der Waals surface area contributed by atoms with Crippen molar-refractivity contribution in [2.24, 2.45) is 4.99 Å². The summed E-state index contributed by atoms with van der Waals surface area (Å²) in [6.45, 7) is 7.50. The number of anilines is 1. The molecule has 1 heterocycles. The molecule has 1 aliphatic rings. The molecule has 1 fully saturated rings. The van der Waals surface area contributed by atoms with Crippen molar-refractivity contribution in [1.82, 2.24) is 0 Å². The summed E-state index contributed by atoms with van der Waals surface area (Å²) in [6.07, 6.45) is 3.51. The fraction of sp³-hybridized carbons (Fsp3) is 0.286. The van der Waals surface area contributed by atoms with Crippen LogP contribution in [-0.4, -0.2) is 46.2 Å². The minimum atomic E-state index is 0.415. The van der Waals surface area contributed by atoms with Crippen LogP contribution in [0.15, 0.2) is 58.5 Å². The molecule has 5 nitrogen and oxygen atoms in total. The Morgan fingerprint density at radius 1 is 1.22 bits per heavy atom. The van der Waals surface area contributed by atoms with E-state index in [9.17, 15) is 0 Å². The lowest BCUT2D eigenvalue weighted by Gasteiger charge is -2.28. The summed E-state index contributed by atoms with van der Waals surface area (Å²) in [7, 11) is 1.62. The number of aliphatic imine (C=N–C) groups is 1. The van der Waals surface area contributed by atoms with Crippen LogP contribution in [0.2, 0.25) is 0 Å². The van der Waals surface area contributed by atoms with Crippen molar-refractivity contribution in [2.75, 3.05) is 44.9 Å². The molecule has 27 heavy (non-hydrogen) atoms. The monoisotopic (exact) mass is 430 g/mol. The zero-order chi connectivity index (χ0) is 19.1. The van der Waals surface area contributed by atoms with Crippen LogP contribution in [0.25, 0.3) is 0 Å². The number of ether oxygens (including phenoxy) is 3. The number of methoxy groups -OCH3 is 1. The first-order valence-corrected chi connectivity index (χ1v) is 9.58. The van der Waals surface area contributed by atoms with Gasteiger partial charge in [0.25, 0.3) is 0 Å². The van der Waals surface area contributed by atoms with Gasteiger partial charge in [-0.05, 0) is 57.9 Å². The smallest absolute Gasteiger partial charge is 0.175 e. The molecular weight excluding hydrogens is 408 g/mol. The van der Waals surface area contributed by atoms with Gasteiger partial charge in [0.05, 0.1) is 30.5 Å². The summed E-state index contributed by atoms with van der Waals surface area (Å²) in [5, 5.41) is 0. The maximum atomic E-state index is 5.65. The molecule has 0 unspecified atom stereocenters. The Morgan fingerprint density at radius 3 is 2.63 bits per heavy atom. The normalized spacial score (nSPS) is 14.4. The summed E-state index contributed by atoms with van der Waals surface area (Å²) in [4.78, 5) is 6.89. The summed E-state index contributed by atoms with van der Waals surface area (Å²) >= 11 is 3.53. The largest absolute Gasteiger partial charge is 0.493 e. The molecule has 2 aromatic rings. The Kier molecular flexibility index (Phi) is 6.90. The maximum absolute atomic E-state index is 5.65. The summed E-state index contributed by atoms with van der Waals surface area (Å²) < 4.78 is 17.3. The third-order valence-corrected chi connectivity index (χ3v) is 4.77. The van der Waals surface area contributed by atoms with Crippen LogP contribution in [0.3, 0.4) is 0 Å². The molecule has 0 radical (unpaired) electrons. The summed E-state index contributed by atoms with van der Waals surface area (Å²) in [6, 6.07) is 12.1. The van der Waals surface area contributed by atoms with Crippen molar-refractivity contribution in [2.45, 2.75) is 0 Å². The quantitative estimate of drug-likeness (QED) is 0.475. The van der Waals surface area contributed by atoms with Crippen LogP contribution >= 0.6 is 15.9 Å². The van der Waals surface area contributed by atoms with E-state index in [1.54, 1.807) is 13.2 Å². The number of halogens is 1. The van der Waals surface area contributed by atoms with Crippen molar-refractivity contribution in [3.05, 3.63) is 59.1 Å². The van der Waals surface area contributed by atoms with Crippen LogP contribution in [0.5, 0.6) is 11.5 Å². The topological polar surface area (TPSA) is 43.3 Å². The van der Waals surface area contributed by atoms with Crippen LogP contribution in [0.1, 0.15) is 5.56 Å². The van der Waals surface area contributed by atoms with Crippen molar-refractivity contribution in [3.8, 4) is 11.5 Å². The van der Waals surface area contributed by atoms with E-state index in [-0.39, 0.29) is 0 Å². The average Bonchev–Trinajstić information content (AvgIpc) is 2.72. The highest BCUT2D eigenvalue weighted by Gasteiger charge is 2.12. The Labute approximate surface area is 168 Å². The molecule has 0 bridgehead atoms. The lowest BCUT2D eigenvalue weighted by molar-refractivity contribution is 0.122. The number of morpholine rings is 1. The zero-order valence-corrected chi connectivity index (χ0v) is 16.9.